The number of epoxide rings is 1. The predicted octanol–water partition coefficient (Wildman–Crippen LogP) is 2.69. The number of non-ortho nitro benzene ring substituents is 1. The highest BCUT2D eigenvalue weighted by Crippen LogP contribution is 2.44. The third-order valence-corrected chi connectivity index (χ3v) is 3.46. The lowest BCUT2D eigenvalue weighted by molar-refractivity contribution is -0.384. The van der Waals surface area contributed by atoms with Gasteiger partial charge in [-0.2, -0.15) is 0 Å². The second-order valence-corrected chi connectivity index (χ2v) is 5.70. The average Bonchev–Trinajstić information content (AvgIpc) is 3.07. The summed E-state index contributed by atoms with van der Waals surface area (Å²) in [4.78, 5) is 12.7. The SMILES string of the molecule is CC(C)N(C(C)C)C1OC1c1cc(N)cc([N+](=O)[O-])c1. The highest BCUT2D eigenvalue weighted by Gasteiger charge is 2.47. The van der Waals surface area contributed by atoms with Crippen molar-refractivity contribution in [3.8, 4) is 0 Å². The molecule has 0 aromatic heterocycles. The number of nitrogen functional groups attached to an aromatic ring is 1. The Hall–Kier alpha value is -1.66. The molecular weight excluding hydrogens is 258 g/mol. The summed E-state index contributed by atoms with van der Waals surface area (Å²) in [6.07, 6.45) is -0.168. The number of nitro groups is 1. The van der Waals surface area contributed by atoms with E-state index in [1.54, 1.807) is 12.1 Å². The summed E-state index contributed by atoms with van der Waals surface area (Å²) in [5, 5.41) is 10.9. The van der Waals surface area contributed by atoms with Crippen LogP contribution >= 0.6 is 0 Å². The van der Waals surface area contributed by atoms with E-state index < -0.39 is 4.92 Å². The lowest BCUT2D eigenvalue weighted by atomic mass is 10.1. The van der Waals surface area contributed by atoms with E-state index in [0.29, 0.717) is 17.8 Å². The molecule has 1 heterocycles. The van der Waals surface area contributed by atoms with Crippen LogP contribution in [0.25, 0.3) is 0 Å². The Labute approximate surface area is 118 Å². The highest BCUT2D eigenvalue weighted by molar-refractivity contribution is 5.52. The van der Waals surface area contributed by atoms with E-state index >= 15 is 0 Å². The summed E-state index contributed by atoms with van der Waals surface area (Å²) in [6.45, 7) is 8.45. The minimum atomic E-state index is -0.431. The van der Waals surface area contributed by atoms with Gasteiger partial charge in [0.15, 0.2) is 0 Å². The molecule has 1 aliphatic rings. The van der Waals surface area contributed by atoms with E-state index in [-0.39, 0.29) is 18.0 Å². The Kier molecular flexibility index (Phi) is 3.96. The van der Waals surface area contributed by atoms with Crippen LogP contribution in [-0.2, 0) is 4.74 Å². The number of hydrogen-bond donors (Lipinski definition) is 1. The fraction of sp³-hybridized carbons (Fsp3) is 0.571. The highest BCUT2D eigenvalue weighted by atomic mass is 16.6. The smallest absolute Gasteiger partial charge is 0.271 e. The van der Waals surface area contributed by atoms with Crippen molar-refractivity contribution in [1.29, 1.82) is 0 Å². The number of anilines is 1. The van der Waals surface area contributed by atoms with Gasteiger partial charge in [0.1, 0.15) is 12.3 Å². The summed E-state index contributed by atoms with van der Waals surface area (Å²) < 4.78 is 5.73. The molecule has 20 heavy (non-hydrogen) atoms. The van der Waals surface area contributed by atoms with E-state index in [2.05, 4.69) is 32.6 Å². The molecule has 0 spiro atoms. The van der Waals surface area contributed by atoms with Crippen molar-refractivity contribution < 1.29 is 9.66 Å². The number of nitrogens with two attached hydrogens (primary N) is 1. The molecule has 0 radical (unpaired) electrons. The molecule has 2 rings (SSSR count). The second-order valence-electron chi connectivity index (χ2n) is 5.70. The monoisotopic (exact) mass is 279 g/mol. The number of nitrogens with zero attached hydrogens (tertiary/aromatic N) is 2. The Morgan fingerprint density at radius 3 is 2.35 bits per heavy atom. The van der Waals surface area contributed by atoms with Crippen LogP contribution in [-0.4, -0.2) is 28.1 Å². The lowest BCUT2D eigenvalue weighted by Crippen LogP contribution is -2.39. The average molecular weight is 279 g/mol. The molecule has 0 saturated carbocycles. The minimum absolute atomic E-state index is 0.00916. The van der Waals surface area contributed by atoms with Gasteiger partial charge >= 0.3 is 0 Å². The molecule has 1 aromatic rings. The maximum atomic E-state index is 10.9. The summed E-state index contributed by atoms with van der Waals surface area (Å²) in [6, 6.07) is 5.35. The first kappa shape index (κ1) is 14.7. The first-order chi connectivity index (χ1) is 9.31. The van der Waals surface area contributed by atoms with Gasteiger partial charge in [0, 0.05) is 29.9 Å². The van der Waals surface area contributed by atoms with Crippen LogP contribution in [0.2, 0.25) is 0 Å². The molecule has 1 aliphatic heterocycles. The van der Waals surface area contributed by atoms with E-state index in [0.717, 1.165) is 5.56 Å². The fourth-order valence-corrected chi connectivity index (χ4v) is 2.69. The van der Waals surface area contributed by atoms with Crippen molar-refractivity contribution in [2.24, 2.45) is 0 Å². The van der Waals surface area contributed by atoms with Gasteiger partial charge in [-0.3, -0.25) is 15.0 Å². The number of hydrogen-bond acceptors (Lipinski definition) is 5. The van der Waals surface area contributed by atoms with Crippen LogP contribution in [0.5, 0.6) is 0 Å². The molecule has 1 aromatic carbocycles. The van der Waals surface area contributed by atoms with Crippen LogP contribution in [0.1, 0.15) is 39.4 Å². The second kappa shape index (κ2) is 5.38. The third-order valence-electron chi connectivity index (χ3n) is 3.46. The number of ether oxygens (including phenoxy) is 1. The third kappa shape index (κ3) is 2.91. The lowest BCUT2D eigenvalue weighted by Gasteiger charge is -2.28. The normalized spacial score (nSPS) is 21.8. The van der Waals surface area contributed by atoms with Crippen molar-refractivity contribution in [2.75, 3.05) is 5.73 Å². The maximum absolute atomic E-state index is 10.9. The van der Waals surface area contributed by atoms with Gasteiger partial charge in [-0.15, -0.1) is 0 Å². The summed E-state index contributed by atoms with van der Waals surface area (Å²) in [5.74, 6) is 0. The van der Waals surface area contributed by atoms with E-state index in [9.17, 15) is 10.1 Å². The molecule has 6 heteroatoms. The molecule has 1 saturated heterocycles. The molecule has 1 fully saturated rings. The molecule has 2 unspecified atom stereocenters. The molecule has 0 aliphatic carbocycles. The predicted molar refractivity (Wildman–Crippen MR) is 77.2 cm³/mol. The fourth-order valence-electron chi connectivity index (χ4n) is 2.69. The molecule has 0 amide bonds. The summed E-state index contributed by atoms with van der Waals surface area (Å²) >= 11 is 0. The molecular formula is C14H21N3O3. The van der Waals surface area contributed by atoms with Crippen molar-refractivity contribution in [1.82, 2.24) is 4.90 Å². The minimum Gasteiger partial charge on any atom is -0.399 e. The van der Waals surface area contributed by atoms with E-state index in [4.69, 9.17) is 10.5 Å². The van der Waals surface area contributed by atoms with Crippen molar-refractivity contribution >= 4 is 11.4 Å². The van der Waals surface area contributed by atoms with E-state index in [1.165, 1.54) is 6.07 Å². The molecule has 110 valence electrons. The zero-order valence-corrected chi connectivity index (χ0v) is 12.2. The maximum Gasteiger partial charge on any atom is 0.271 e. The zero-order chi connectivity index (χ0) is 15.0. The Morgan fingerprint density at radius 1 is 1.25 bits per heavy atom. The number of nitro benzene ring substituents is 1. The zero-order valence-electron chi connectivity index (χ0n) is 12.2. The van der Waals surface area contributed by atoms with Crippen molar-refractivity contribution in [2.45, 2.75) is 52.1 Å². The molecule has 6 nitrogen and oxygen atoms in total. The van der Waals surface area contributed by atoms with Crippen LogP contribution in [0.15, 0.2) is 18.2 Å². The standard InChI is InChI=1S/C14H21N3O3/c1-8(2)16(9(3)4)14-13(20-14)10-5-11(15)7-12(6-10)17(18)19/h5-9,13-14H,15H2,1-4H3. The summed E-state index contributed by atoms with van der Waals surface area (Å²) in [5.41, 5.74) is 6.90. The first-order valence-corrected chi connectivity index (χ1v) is 6.79. The van der Waals surface area contributed by atoms with Crippen LogP contribution in [0.3, 0.4) is 0 Å². The van der Waals surface area contributed by atoms with Gasteiger partial charge in [0.05, 0.1) is 4.92 Å². The van der Waals surface area contributed by atoms with Crippen LogP contribution < -0.4 is 5.73 Å². The topological polar surface area (TPSA) is 84.9 Å². The van der Waals surface area contributed by atoms with Gasteiger partial charge in [0.25, 0.3) is 5.69 Å². The Balaban J connectivity index is 2.21. The molecule has 2 N–H and O–H groups in total. The van der Waals surface area contributed by atoms with Gasteiger partial charge in [-0.1, -0.05) is 0 Å². The van der Waals surface area contributed by atoms with Gasteiger partial charge in [-0.25, -0.2) is 0 Å². The van der Waals surface area contributed by atoms with Gasteiger partial charge in [0.2, 0.25) is 0 Å². The number of rotatable bonds is 5. The Morgan fingerprint density at radius 2 is 1.85 bits per heavy atom. The largest absolute Gasteiger partial charge is 0.399 e. The van der Waals surface area contributed by atoms with Gasteiger partial charge in [-0.05, 0) is 39.3 Å². The van der Waals surface area contributed by atoms with Gasteiger partial charge < -0.3 is 10.5 Å². The van der Waals surface area contributed by atoms with Crippen LogP contribution in [0.4, 0.5) is 11.4 Å². The van der Waals surface area contributed by atoms with Crippen molar-refractivity contribution in [3.05, 3.63) is 33.9 Å². The quantitative estimate of drug-likeness (QED) is 0.387. The van der Waals surface area contributed by atoms with Crippen molar-refractivity contribution in [3.63, 3.8) is 0 Å². The number of benzene rings is 1. The first-order valence-electron chi connectivity index (χ1n) is 6.79. The van der Waals surface area contributed by atoms with E-state index in [1.807, 2.05) is 0 Å². The Bertz CT molecular complexity index is 508. The molecule has 0 bridgehead atoms. The molecule has 2 atom stereocenters. The summed E-state index contributed by atoms with van der Waals surface area (Å²) in [7, 11) is 0. The van der Waals surface area contributed by atoms with Crippen LogP contribution in [0, 0.1) is 10.1 Å².